The lowest BCUT2D eigenvalue weighted by Gasteiger charge is -2.19. The number of carbonyl (C=O) groups is 2. The Morgan fingerprint density at radius 3 is 2.44 bits per heavy atom. The van der Waals surface area contributed by atoms with E-state index >= 15 is 0 Å². The van der Waals surface area contributed by atoms with Gasteiger partial charge in [-0.15, -0.1) is 0 Å². The van der Waals surface area contributed by atoms with Crippen LogP contribution in [-0.4, -0.2) is 29.5 Å². The molecule has 0 bridgehead atoms. The first-order chi connectivity index (χ1) is 13.2. The summed E-state index contributed by atoms with van der Waals surface area (Å²) in [6.07, 6.45) is 1.81. The third-order valence-corrected chi connectivity index (χ3v) is 4.66. The first-order valence-electron chi connectivity index (χ1n) is 8.86. The second-order valence-corrected chi connectivity index (χ2v) is 6.54. The highest BCUT2D eigenvalue weighted by Gasteiger charge is 2.37. The molecule has 0 N–H and O–H groups in total. The molecule has 5 nitrogen and oxygen atoms in total. The van der Waals surface area contributed by atoms with Crippen LogP contribution < -0.4 is 0 Å². The SMILES string of the molecule is O=C(Cc1ccc(-c2ccco2)cc1)N1C(=O)OC[C@@H]1Cc1ccccc1. The summed E-state index contributed by atoms with van der Waals surface area (Å²) in [6, 6.07) is 20.8. The van der Waals surface area contributed by atoms with Crippen molar-refractivity contribution in [2.75, 3.05) is 6.61 Å². The van der Waals surface area contributed by atoms with E-state index in [2.05, 4.69) is 0 Å². The van der Waals surface area contributed by atoms with Crippen LogP contribution in [0.15, 0.2) is 77.4 Å². The first-order valence-corrected chi connectivity index (χ1v) is 8.86. The predicted octanol–water partition coefficient (Wildman–Crippen LogP) is 4.08. The van der Waals surface area contributed by atoms with E-state index in [1.807, 2.05) is 66.7 Å². The second-order valence-electron chi connectivity index (χ2n) is 6.54. The smallest absolute Gasteiger partial charge is 0.416 e. The van der Waals surface area contributed by atoms with Gasteiger partial charge in [-0.2, -0.15) is 0 Å². The third kappa shape index (κ3) is 3.77. The van der Waals surface area contributed by atoms with Gasteiger partial charge in [0.15, 0.2) is 0 Å². The van der Waals surface area contributed by atoms with Gasteiger partial charge in [-0.3, -0.25) is 4.79 Å². The van der Waals surface area contributed by atoms with E-state index in [9.17, 15) is 9.59 Å². The number of ether oxygens (including phenoxy) is 1. The Balaban J connectivity index is 1.45. The molecule has 136 valence electrons. The molecule has 2 aromatic carbocycles. The summed E-state index contributed by atoms with van der Waals surface area (Å²) in [5.41, 5.74) is 2.86. The van der Waals surface area contributed by atoms with E-state index in [0.29, 0.717) is 6.42 Å². The van der Waals surface area contributed by atoms with Crippen LogP contribution in [0.4, 0.5) is 4.79 Å². The maximum atomic E-state index is 12.7. The van der Waals surface area contributed by atoms with Crippen LogP contribution >= 0.6 is 0 Å². The fourth-order valence-corrected chi connectivity index (χ4v) is 3.29. The monoisotopic (exact) mass is 361 g/mol. The van der Waals surface area contributed by atoms with Crippen LogP contribution in [-0.2, 0) is 22.4 Å². The second kappa shape index (κ2) is 7.50. The lowest BCUT2D eigenvalue weighted by molar-refractivity contribution is -0.128. The number of carbonyl (C=O) groups excluding carboxylic acids is 2. The van der Waals surface area contributed by atoms with Gasteiger partial charge in [0.05, 0.1) is 18.7 Å². The molecule has 3 aromatic rings. The van der Waals surface area contributed by atoms with Crippen LogP contribution in [0.1, 0.15) is 11.1 Å². The summed E-state index contributed by atoms with van der Waals surface area (Å²) in [4.78, 5) is 26.1. The van der Waals surface area contributed by atoms with Crippen molar-refractivity contribution >= 4 is 12.0 Å². The predicted molar refractivity (Wildman–Crippen MR) is 100.0 cm³/mol. The van der Waals surface area contributed by atoms with E-state index < -0.39 is 6.09 Å². The van der Waals surface area contributed by atoms with Gasteiger partial charge < -0.3 is 9.15 Å². The van der Waals surface area contributed by atoms with E-state index in [4.69, 9.17) is 9.15 Å². The Hall–Kier alpha value is -3.34. The Labute approximate surface area is 157 Å². The topological polar surface area (TPSA) is 59.8 Å². The molecule has 0 aliphatic carbocycles. The third-order valence-electron chi connectivity index (χ3n) is 4.66. The molecule has 0 spiro atoms. The summed E-state index contributed by atoms with van der Waals surface area (Å²) < 4.78 is 10.5. The highest BCUT2D eigenvalue weighted by molar-refractivity contribution is 5.94. The molecule has 2 amide bonds. The summed E-state index contributed by atoms with van der Waals surface area (Å²) in [7, 11) is 0. The molecule has 4 rings (SSSR count). The van der Waals surface area contributed by atoms with Gasteiger partial charge in [-0.25, -0.2) is 9.69 Å². The molecule has 0 unspecified atom stereocenters. The minimum Gasteiger partial charge on any atom is -0.464 e. The minimum absolute atomic E-state index is 0.152. The molecule has 5 heteroatoms. The zero-order valence-electron chi connectivity index (χ0n) is 14.7. The number of furan rings is 1. The Morgan fingerprint density at radius 2 is 1.74 bits per heavy atom. The number of hydrogen-bond acceptors (Lipinski definition) is 4. The van der Waals surface area contributed by atoms with Crippen molar-refractivity contribution in [2.45, 2.75) is 18.9 Å². The summed E-state index contributed by atoms with van der Waals surface area (Å²) in [5.74, 6) is 0.531. The molecule has 0 saturated carbocycles. The average molecular weight is 361 g/mol. The van der Waals surface area contributed by atoms with Crippen LogP contribution in [0.2, 0.25) is 0 Å². The van der Waals surface area contributed by atoms with Crippen molar-refractivity contribution in [1.82, 2.24) is 4.90 Å². The maximum Gasteiger partial charge on any atom is 0.416 e. The molecule has 27 heavy (non-hydrogen) atoms. The summed E-state index contributed by atoms with van der Waals surface area (Å²) >= 11 is 0. The molecule has 2 heterocycles. The van der Waals surface area contributed by atoms with Gasteiger partial charge in [0.25, 0.3) is 0 Å². The summed E-state index contributed by atoms with van der Waals surface area (Å²) in [6.45, 7) is 0.233. The van der Waals surface area contributed by atoms with Gasteiger partial charge >= 0.3 is 6.09 Å². The first kappa shape index (κ1) is 17.1. The standard InChI is InChI=1S/C22H19NO4/c24-21(14-17-8-10-18(11-9-17)20-7-4-12-26-20)23-19(15-27-22(23)25)13-16-5-2-1-3-6-16/h1-12,19H,13-15H2/t19-/m0/s1. The van der Waals surface area contributed by atoms with E-state index in [1.165, 1.54) is 4.90 Å². The van der Waals surface area contributed by atoms with Gasteiger partial charge in [0, 0.05) is 5.56 Å². The van der Waals surface area contributed by atoms with Crippen LogP contribution in [0, 0.1) is 0 Å². The molecule has 1 fully saturated rings. The zero-order valence-corrected chi connectivity index (χ0v) is 14.7. The molecule has 1 atom stereocenters. The number of cyclic esters (lactones) is 1. The van der Waals surface area contributed by atoms with Gasteiger partial charge in [0.2, 0.25) is 5.91 Å². The molecular formula is C22H19NO4. The van der Waals surface area contributed by atoms with Crippen molar-refractivity contribution in [3.8, 4) is 11.3 Å². The largest absolute Gasteiger partial charge is 0.464 e. The van der Waals surface area contributed by atoms with Crippen LogP contribution in [0.25, 0.3) is 11.3 Å². The number of imide groups is 1. The minimum atomic E-state index is -0.562. The van der Waals surface area contributed by atoms with Crippen molar-refractivity contribution < 1.29 is 18.7 Å². The zero-order chi connectivity index (χ0) is 18.6. The number of hydrogen-bond donors (Lipinski definition) is 0. The van der Waals surface area contributed by atoms with Crippen molar-refractivity contribution in [2.24, 2.45) is 0 Å². The lowest BCUT2D eigenvalue weighted by atomic mass is 10.0. The lowest BCUT2D eigenvalue weighted by Crippen LogP contribution is -2.41. The maximum absolute atomic E-state index is 12.7. The van der Waals surface area contributed by atoms with E-state index in [-0.39, 0.29) is 25.0 Å². The van der Waals surface area contributed by atoms with Gasteiger partial charge in [-0.1, -0.05) is 54.6 Å². The van der Waals surface area contributed by atoms with Crippen molar-refractivity contribution in [1.29, 1.82) is 0 Å². The number of benzene rings is 2. The molecule has 1 aliphatic heterocycles. The molecule has 0 radical (unpaired) electrons. The van der Waals surface area contributed by atoms with Gasteiger partial charge in [-0.05, 0) is 29.7 Å². The Bertz CT molecular complexity index is 917. The normalized spacial score (nSPS) is 16.4. The molecule has 1 saturated heterocycles. The molecule has 1 aromatic heterocycles. The van der Waals surface area contributed by atoms with Crippen molar-refractivity contribution in [3.63, 3.8) is 0 Å². The highest BCUT2D eigenvalue weighted by Crippen LogP contribution is 2.22. The quantitative estimate of drug-likeness (QED) is 0.687. The number of rotatable bonds is 5. The Kier molecular flexibility index (Phi) is 4.75. The van der Waals surface area contributed by atoms with E-state index in [1.54, 1.807) is 6.26 Å². The Morgan fingerprint density at radius 1 is 0.963 bits per heavy atom. The summed E-state index contributed by atoms with van der Waals surface area (Å²) in [5, 5.41) is 0. The average Bonchev–Trinajstić information content (AvgIpc) is 3.34. The number of nitrogens with zero attached hydrogens (tertiary/aromatic N) is 1. The molecular weight excluding hydrogens is 342 g/mol. The van der Waals surface area contributed by atoms with Crippen LogP contribution in [0.5, 0.6) is 0 Å². The fraction of sp³-hybridized carbons (Fsp3) is 0.182. The number of amides is 2. The van der Waals surface area contributed by atoms with Crippen LogP contribution in [0.3, 0.4) is 0 Å². The fourth-order valence-electron chi connectivity index (χ4n) is 3.29. The van der Waals surface area contributed by atoms with Crippen molar-refractivity contribution in [3.05, 3.63) is 84.1 Å². The van der Waals surface area contributed by atoms with E-state index in [0.717, 1.165) is 22.5 Å². The van der Waals surface area contributed by atoms with Gasteiger partial charge in [0.1, 0.15) is 12.4 Å². The molecule has 1 aliphatic rings. The highest BCUT2D eigenvalue weighted by atomic mass is 16.6.